The molecule has 1 saturated carbocycles. The molecule has 2 aliphatic carbocycles. The Hall–Kier alpha value is -1.92. The van der Waals surface area contributed by atoms with Gasteiger partial charge in [-0.25, -0.2) is 18.4 Å². The van der Waals surface area contributed by atoms with Crippen molar-refractivity contribution < 1.29 is 27.8 Å². The number of allylic oxidation sites excluding steroid dienone is 2. The number of halogens is 2. The second-order valence-electron chi connectivity index (χ2n) is 6.17. The van der Waals surface area contributed by atoms with Crippen LogP contribution < -0.4 is 5.32 Å². The standard InChI is InChI=1S/C17H23F2NO4/c1-23-15(21)14(13-7-9-17(18,19)10-8-13)20-16(22)24-11-12-5-3-2-4-6-12/h3,5-6,13-14H,2,4,7-11H2,1H3,(H,20,22)/t14-/m0/s1. The van der Waals surface area contributed by atoms with Gasteiger partial charge in [0.05, 0.1) is 7.11 Å². The van der Waals surface area contributed by atoms with Gasteiger partial charge in [-0.1, -0.05) is 18.2 Å². The molecular formula is C17H23F2NO4. The fourth-order valence-corrected chi connectivity index (χ4v) is 2.98. The van der Waals surface area contributed by atoms with E-state index < -0.39 is 24.0 Å². The van der Waals surface area contributed by atoms with Crippen LogP contribution in [0.25, 0.3) is 0 Å². The van der Waals surface area contributed by atoms with Crippen molar-refractivity contribution in [3.05, 3.63) is 23.8 Å². The summed E-state index contributed by atoms with van der Waals surface area (Å²) >= 11 is 0. The van der Waals surface area contributed by atoms with Crippen LogP contribution in [0.2, 0.25) is 0 Å². The molecule has 0 bridgehead atoms. The van der Waals surface area contributed by atoms with Gasteiger partial charge in [0, 0.05) is 12.8 Å². The molecule has 2 aliphatic rings. The van der Waals surface area contributed by atoms with Gasteiger partial charge < -0.3 is 14.8 Å². The third-order valence-electron chi connectivity index (χ3n) is 4.40. The van der Waals surface area contributed by atoms with Crippen LogP contribution in [0.1, 0.15) is 38.5 Å². The average molecular weight is 343 g/mol. The van der Waals surface area contributed by atoms with E-state index in [0.29, 0.717) is 0 Å². The summed E-state index contributed by atoms with van der Waals surface area (Å²) in [6.07, 6.45) is 6.70. The molecule has 0 saturated heterocycles. The summed E-state index contributed by atoms with van der Waals surface area (Å²) in [5.41, 5.74) is 0.892. The van der Waals surface area contributed by atoms with Crippen molar-refractivity contribution in [2.75, 3.05) is 13.7 Å². The summed E-state index contributed by atoms with van der Waals surface area (Å²) in [6, 6.07) is -0.963. The van der Waals surface area contributed by atoms with Crippen molar-refractivity contribution in [1.29, 1.82) is 0 Å². The fourth-order valence-electron chi connectivity index (χ4n) is 2.98. The minimum absolute atomic E-state index is 0.110. The molecule has 0 heterocycles. The third-order valence-corrected chi connectivity index (χ3v) is 4.40. The first-order valence-electron chi connectivity index (χ1n) is 8.16. The molecule has 1 amide bonds. The second kappa shape index (κ2) is 8.26. The Morgan fingerprint density at radius 2 is 2.04 bits per heavy atom. The number of ether oxygens (including phenoxy) is 2. The molecule has 0 unspecified atom stereocenters. The van der Waals surface area contributed by atoms with Crippen LogP contribution in [0.3, 0.4) is 0 Å². The van der Waals surface area contributed by atoms with E-state index in [1.54, 1.807) is 0 Å². The number of alkyl halides is 2. The van der Waals surface area contributed by atoms with Crippen LogP contribution >= 0.6 is 0 Å². The van der Waals surface area contributed by atoms with Crippen LogP contribution in [0.5, 0.6) is 0 Å². The molecule has 7 heteroatoms. The second-order valence-corrected chi connectivity index (χ2v) is 6.17. The minimum Gasteiger partial charge on any atom is -0.467 e. The molecule has 5 nitrogen and oxygen atoms in total. The summed E-state index contributed by atoms with van der Waals surface area (Å²) in [4.78, 5) is 23.9. The zero-order valence-corrected chi connectivity index (χ0v) is 13.7. The van der Waals surface area contributed by atoms with Crippen LogP contribution in [0, 0.1) is 5.92 Å². The Kier molecular flexibility index (Phi) is 6.34. The van der Waals surface area contributed by atoms with Crippen LogP contribution in [0.4, 0.5) is 13.6 Å². The lowest BCUT2D eigenvalue weighted by Crippen LogP contribution is -2.48. The first-order valence-corrected chi connectivity index (χ1v) is 8.16. The molecular weight excluding hydrogens is 320 g/mol. The highest BCUT2D eigenvalue weighted by molar-refractivity contribution is 5.81. The van der Waals surface area contributed by atoms with Crippen LogP contribution in [-0.4, -0.2) is 37.7 Å². The SMILES string of the molecule is COC(=O)[C@@H](NC(=O)OCC1=CCCC=C1)C1CCC(F)(F)CC1. The highest BCUT2D eigenvalue weighted by Gasteiger charge is 2.40. The Labute approximate surface area is 140 Å². The maximum absolute atomic E-state index is 13.3. The number of rotatable bonds is 5. The first kappa shape index (κ1) is 18.4. The number of hydrogen-bond acceptors (Lipinski definition) is 4. The van der Waals surface area contributed by atoms with E-state index in [4.69, 9.17) is 9.47 Å². The first-order chi connectivity index (χ1) is 11.4. The molecule has 0 aromatic rings. The van der Waals surface area contributed by atoms with Crippen molar-refractivity contribution in [1.82, 2.24) is 5.32 Å². The van der Waals surface area contributed by atoms with Gasteiger partial charge in [0.2, 0.25) is 5.92 Å². The lowest BCUT2D eigenvalue weighted by atomic mass is 9.82. The molecule has 1 fully saturated rings. The van der Waals surface area contributed by atoms with Gasteiger partial charge in [-0.15, -0.1) is 0 Å². The molecule has 0 spiro atoms. The maximum Gasteiger partial charge on any atom is 0.408 e. The van der Waals surface area contributed by atoms with Crippen molar-refractivity contribution in [3.63, 3.8) is 0 Å². The van der Waals surface area contributed by atoms with Crippen LogP contribution in [-0.2, 0) is 14.3 Å². The number of amides is 1. The van der Waals surface area contributed by atoms with Crippen molar-refractivity contribution in [3.8, 4) is 0 Å². The Morgan fingerprint density at radius 1 is 1.33 bits per heavy atom. The average Bonchev–Trinajstić information content (AvgIpc) is 2.58. The predicted molar refractivity (Wildman–Crippen MR) is 83.6 cm³/mol. The Morgan fingerprint density at radius 3 is 2.62 bits per heavy atom. The molecule has 0 aromatic heterocycles. The molecule has 2 rings (SSSR count). The summed E-state index contributed by atoms with van der Waals surface area (Å²) in [5, 5.41) is 2.47. The van der Waals surface area contributed by atoms with E-state index in [9.17, 15) is 18.4 Å². The van der Waals surface area contributed by atoms with Gasteiger partial charge in [-0.2, -0.15) is 0 Å². The van der Waals surface area contributed by atoms with Crippen molar-refractivity contribution >= 4 is 12.1 Å². The summed E-state index contributed by atoms with van der Waals surface area (Å²) in [6.45, 7) is 0.110. The third kappa shape index (κ3) is 5.32. The monoisotopic (exact) mass is 343 g/mol. The molecule has 0 radical (unpaired) electrons. The lowest BCUT2D eigenvalue weighted by Gasteiger charge is -2.32. The fraction of sp³-hybridized carbons (Fsp3) is 0.647. The highest BCUT2D eigenvalue weighted by Crippen LogP contribution is 2.37. The number of nitrogens with one attached hydrogen (secondary N) is 1. The number of esters is 1. The van der Waals surface area contributed by atoms with Crippen LogP contribution in [0.15, 0.2) is 23.8 Å². The number of carbonyl (C=O) groups is 2. The molecule has 0 aromatic carbocycles. The molecule has 0 aliphatic heterocycles. The maximum atomic E-state index is 13.3. The van der Waals surface area contributed by atoms with E-state index in [-0.39, 0.29) is 38.2 Å². The van der Waals surface area contributed by atoms with Gasteiger partial charge in [0.1, 0.15) is 12.6 Å². The summed E-state index contributed by atoms with van der Waals surface area (Å²) in [7, 11) is 1.21. The van der Waals surface area contributed by atoms with E-state index in [2.05, 4.69) is 5.32 Å². The molecule has 1 atom stereocenters. The number of hydrogen-bond donors (Lipinski definition) is 1. The van der Waals surface area contributed by atoms with E-state index in [1.165, 1.54) is 7.11 Å². The Bertz CT molecular complexity index is 521. The predicted octanol–water partition coefficient (Wildman–Crippen LogP) is 3.36. The summed E-state index contributed by atoms with van der Waals surface area (Å²) in [5.74, 6) is -3.71. The van der Waals surface area contributed by atoms with E-state index in [0.717, 1.165) is 18.4 Å². The van der Waals surface area contributed by atoms with E-state index in [1.807, 2.05) is 18.2 Å². The zero-order valence-electron chi connectivity index (χ0n) is 13.7. The lowest BCUT2D eigenvalue weighted by molar-refractivity contribution is -0.146. The van der Waals surface area contributed by atoms with Crippen molar-refractivity contribution in [2.45, 2.75) is 50.5 Å². The minimum atomic E-state index is -2.70. The van der Waals surface area contributed by atoms with Gasteiger partial charge in [-0.05, 0) is 37.2 Å². The quantitative estimate of drug-likeness (QED) is 0.778. The van der Waals surface area contributed by atoms with Gasteiger partial charge in [0.25, 0.3) is 0 Å². The van der Waals surface area contributed by atoms with Gasteiger partial charge in [0.15, 0.2) is 0 Å². The largest absolute Gasteiger partial charge is 0.467 e. The Balaban J connectivity index is 1.88. The van der Waals surface area contributed by atoms with Crippen molar-refractivity contribution in [2.24, 2.45) is 5.92 Å². The normalized spacial score (nSPS) is 21.5. The zero-order chi connectivity index (χ0) is 17.6. The molecule has 24 heavy (non-hydrogen) atoms. The van der Waals surface area contributed by atoms with E-state index >= 15 is 0 Å². The number of methoxy groups -OCH3 is 1. The number of carbonyl (C=O) groups excluding carboxylic acids is 2. The van der Waals surface area contributed by atoms with Gasteiger partial charge in [-0.3, -0.25) is 0 Å². The number of alkyl carbamates (subject to hydrolysis) is 1. The topological polar surface area (TPSA) is 64.6 Å². The molecule has 134 valence electrons. The highest BCUT2D eigenvalue weighted by atomic mass is 19.3. The van der Waals surface area contributed by atoms with Gasteiger partial charge >= 0.3 is 12.1 Å². The smallest absolute Gasteiger partial charge is 0.408 e. The summed E-state index contributed by atoms with van der Waals surface area (Å²) < 4.78 is 36.4. The molecule has 1 N–H and O–H groups in total.